The maximum atomic E-state index is 12.8. The third kappa shape index (κ3) is 5.31. The predicted molar refractivity (Wildman–Crippen MR) is 110 cm³/mol. The van der Waals surface area contributed by atoms with Crippen LogP contribution in [0.5, 0.6) is 0 Å². The Balaban J connectivity index is 1.66. The van der Waals surface area contributed by atoms with Gasteiger partial charge in [-0.25, -0.2) is 0 Å². The molecule has 0 unspecified atom stereocenters. The van der Waals surface area contributed by atoms with E-state index < -0.39 is 24.4 Å². The fraction of sp³-hybridized carbons (Fsp3) is 0.261. The van der Waals surface area contributed by atoms with E-state index in [1.807, 2.05) is 81.4 Å². The Morgan fingerprint density at radius 2 is 1.55 bits per heavy atom. The van der Waals surface area contributed by atoms with Crippen molar-refractivity contribution < 1.29 is 18.8 Å². The number of carbonyl (C=O) groups excluding carboxylic acids is 2. The maximum Gasteiger partial charge on any atom is 0.318 e. The zero-order chi connectivity index (χ0) is 20.9. The van der Waals surface area contributed by atoms with Gasteiger partial charge in [0.05, 0.1) is 5.69 Å². The molecule has 1 N–H and O–H groups in total. The Bertz CT molecular complexity index is 920. The molecule has 0 saturated carbocycles. The summed E-state index contributed by atoms with van der Waals surface area (Å²) in [5, 5.41) is 6.51. The standard InChI is InChI=1S/C23H24N2O4/c1-23(2,3)18-14-20(29-25-18)24-19(26)15-28-22(27)21(16-10-6-4-7-11-16)17-12-8-5-9-13-17/h4-14,21H,15H2,1-3H3,(H,24,26). The highest BCUT2D eigenvalue weighted by Crippen LogP contribution is 2.26. The molecule has 29 heavy (non-hydrogen) atoms. The lowest BCUT2D eigenvalue weighted by Gasteiger charge is -2.16. The first kappa shape index (κ1) is 20.3. The zero-order valence-corrected chi connectivity index (χ0v) is 16.7. The van der Waals surface area contributed by atoms with Crippen molar-refractivity contribution in [1.29, 1.82) is 0 Å². The SMILES string of the molecule is CC(C)(C)c1cc(NC(=O)COC(=O)C(c2ccccc2)c2ccccc2)on1. The quantitative estimate of drug-likeness (QED) is 0.633. The average Bonchev–Trinajstić information content (AvgIpc) is 3.17. The second-order valence-electron chi connectivity index (χ2n) is 7.74. The Morgan fingerprint density at radius 3 is 2.03 bits per heavy atom. The van der Waals surface area contributed by atoms with Crippen molar-refractivity contribution in [2.45, 2.75) is 32.1 Å². The summed E-state index contributed by atoms with van der Waals surface area (Å²) >= 11 is 0. The molecule has 0 atom stereocenters. The van der Waals surface area contributed by atoms with Gasteiger partial charge in [0, 0.05) is 11.5 Å². The molecular weight excluding hydrogens is 368 g/mol. The van der Waals surface area contributed by atoms with Gasteiger partial charge in [-0.3, -0.25) is 14.9 Å². The van der Waals surface area contributed by atoms with Gasteiger partial charge in [-0.15, -0.1) is 0 Å². The minimum Gasteiger partial charge on any atom is -0.455 e. The van der Waals surface area contributed by atoms with Crippen molar-refractivity contribution in [3.8, 4) is 0 Å². The van der Waals surface area contributed by atoms with Crippen LogP contribution in [0, 0.1) is 0 Å². The lowest BCUT2D eigenvalue weighted by molar-refractivity contribution is -0.148. The molecule has 3 rings (SSSR count). The van der Waals surface area contributed by atoms with Gasteiger partial charge in [0.15, 0.2) is 6.61 Å². The highest BCUT2D eigenvalue weighted by molar-refractivity contribution is 5.92. The molecule has 0 bridgehead atoms. The second kappa shape index (κ2) is 8.73. The van der Waals surface area contributed by atoms with Crippen LogP contribution in [-0.2, 0) is 19.7 Å². The van der Waals surface area contributed by atoms with Crippen LogP contribution in [0.25, 0.3) is 0 Å². The van der Waals surface area contributed by atoms with E-state index in [0.29, 0.717) is 0 Å². The highest BCUT2D eigenvalue weighted by atomic mass is 16.5. The molecule has 0 aliphatic carbocycles. The van der Waals surface area contributed by atoms with Gasteiger partial charge in [-0.1, -0.05) is 86.6 Å². The number of benzene rings is 2. The summed E-state index contributed by atoms with van der Waals surface area (Å²) in [6, 6.07) is 20.3. The third-order valence-corrected chi connectivity index (χ3v) is 4.39. The summed E-state index contributed by atoms with van der Waals surface area (Å²) < 4.78 is 10.4. The Kier molecular flexibility index (Phi) is 6.12. The topological polar surface area (TPSA) is 81.4 Å². The lowest BCUT2D eigenvalue weighted by Crippen LogP contribution is -2.24. The molecule has 1 aromatic heterocycles. The number of esters is 1. The van der Waals surface area contributed by atoms with Crippen LogP contribution in [0.15, 0.2) is 71.3 Å². The fourth-order valence-electron chi connectivity index (χ4n) is 2.84. The van der Waals surface area contributed by atoms with Crippen LogP contribution in [0.1, 0.15) is 43.5 Å². The average molecular weight is 392 g/mol. The summed E-state index contributed by atoms with van der Waals surface area (Å²) in [6.07, 6.45) is 0. The zero-order valence-electron chi connectivity index (χ0n) is 16.7. The molecule has 6 nitrogen and oxygen atoms in total. The molecular formula is C23H24N2O4. The van der Waals surface area contributed by atoms with Gasteiger partial charge in [0.2, 0.25) is 5.88 Å². The number of nitrogens with one attached hydrogen (secondary N) is 1. The van der Waals surface area contributed by atoms with E-state index in [-0.39, 0.29) is 11.3 Å². The van der Waals surface area contributed by atoms with Gasteiger partial charge >= 0.3 is 5.97 Å². The predicted octanol–water partition coefficient (Wildman–Crippen LogP) is 4.29. The van der Waals surface area contributed by atoms with Gasteiger partial charge in [0.1, 0.15) is 5.92 Å². The van der Waals surface area contributed by atoms with Gasteiger partial charge in [-0.05, 0) is 11.1 Å². The van der Waals surface area contributed by atoms with Crippen molar-refractivity contribution in [1.82, 2.24) is 5.16 Å². The minimum absolute atomic E-state index is 0.197. The van der Waals surface area contributed by atoms with E-state index in [1.165, 1.54) is 0 Å². The molecule has 0 spiro atoms. The van der Waals surface area contributed by atoms with Crippen LogP contribution < -0.4 is 5.32 Å². The summed E-state index contributed by atoms with van der Waals surface area (Å²) in [7, 11) is 0. The van der Waals surface area contributed by atoms with Crippen molar-refractivity contribution in [2.24, 2.45) is 0 Å². The van der Waals surface area contributed by atoms with Crippen molar-refractivity contribution in [3.05, 3.63) is 83.6 Å². The Labute approximate surface area is 169 Å². The first-order valence-corrected chi connectivity index (χ1v) is 9.38. The van der Waals surface area contributed by atoms with Crippen molar-refractivity contribution in [3.63, 3.8) is 0 Å². The van der Waals surface area contributed by atoms with E-state index in [1.54, 1.807) is 6.07 Å². The van der Waals surface area contributed by atoms with Gasteiger partial charge in [-0.2, -0.15) is 0 Å². The van der Waals surface area contributed by atoms with E-state index in [4.69, 9.17) is 9.26 Å². The van der Waals surface area contributed by atoms with Crippen LogP contribution in [-0.4, -0.2) is 23.6 Å². The first-order chi connectivity index (χ1) is 13.8. The number of hydrogen-bond donors (Lipinski definition) is 1. The molecule has 6 heteroatoms. The van der Waals surface area contributed by atoms with Crippen LogP contribution >= 0.6 is 0 Å². The van der Waals surface area contributed by atoms with Crippen LogP contribution in [0.4, 0.5) is 5.88 Å². The van der Waals surface area contributed by atoms with Crippen LogP contribution in [0.2, 0.25) is 0 Å². The first-order valence-electron chi connectivity index (χ1n) is 9.38. The molecule has 0 aliphatic rings. The molecule has 0 radical (unpaired) electrons. The van der Waals surface area contributed by atoms with Crippen LogP contribution in [0.3, 0.4) is 0 Å². The number of anilines is 1. The highest BCUT2D eigenvalue weighted by Gasteiger charge is 2.25. The Hall–Kier alpha value is -3.41. The molecule has 3 aromatic rings. The number of amides is 1. The number of nitrogens with zero attached hydrogens (tertiary/aromatic N) is 1. The monoisotopic (exact) mass is 392 g/mol. The number of ether oxygens (including phenoxy) is 1. The number of rotatable bonds is 6. The summed E-state index contributed by atoms with van der Waals surface area (Å²) in [6.45, 7) is 5.56. The van der Waals surface area contributed by atoms with E-state index >= 15 is 0 Å². The molecule has 1 heterocycles. The van der Waals surface area contributed by atoms with Gasteiger partial charge < -0.3 is 9.26 Å². The summed E-state index contributed by atoms with van der Waals surface area (Å²) in [5.74, 6) is -1.37. The largest absolute Gasteiger partial charge is 0.455 e. The molecule has 0 saturated heterocycles. The number of aromatic nitrogens is 1. The van der Waals surface area contributed by atoms with Crippen molar-refractivity contribution >= 4 is 17.8 Å². The second-order valence-corrected chi connectivity index (χ2v) is 7.74. The van der Waals surface area contributed by atoms with E-state index in [9.17, 15) is 9.59 Å². The third-order valence-electron chi connectivity index (χ3n) is 4.39. The smallest absolute Gasteiger partial charge is 0.318 e. The van der Waals surface area contributed by atoms with E-state index in [0.717, 1.165) is 16.8 Å². The normalized spacial score (nSPS) is 11.3. The molecule has 1 amide bonds. The van der Waals surface area contributed by atoms with Crippen molar-refractivity contribution in [2.75, 3.05) is 11.9 Å². The number of carbonyl (C=O) groups is 2. The summed E-state index contributed by atoms with van der Waals surface area (Å²) in [5.41, 5.74) is 2.12. The Morgan fingerprint density at radius 1 is 1.00 bits per heavy atom. The lowest BCUT2D eigenvalue weighted by atomic mass is 9.91. The number of hydrogen-bond acceptors (Lipinski definition) is 5. The maximum absolute atomic E-state index is 12.8. The molecule has 0 aliphatic heterocycles. The molecule has 2 aromatic carbocycles. The van der Waals surface area contributed by atoms with Gasteiger partial charge in [0.25, 0.3) is 5.91 Å². The molecule has 150 valence electrons. The fourth-order valence-corrected chi connectivity index (χ4v) is 2.84. The minimum atomic E-state index is -0.608. The summed E-state index contributed by atoms with van der Waals surface area (Å²) in [4.78, 5) is 25.0. The molecule has 0 fully saturated rings. The van der Waals surface area contributed by atoms with E-state index in [2.05, 4.69) is 10.5 Å².